The maximum atomic E-state index is 13.3. The molecular weight excluding hydrogens is 339 g/mol. The fraction of sp³-hybridized carbons (Fsp3) is 0.353. The molecule has 25 heavy (non-hydrogen) atoms. The number of pyridine rings is 1. The van der Waals surface area contributed by atoms with Gasteiger partial charge in [-0.2, -0.15) is 9.49 Å². The van der Waals surface area contributed by atoms with E-state index in [-0.39, 0.29) is 0 Å². The van der Waals surface area contributed by atoms with Gasteiger partial charge in [-0.1, -0.05) is 6.07 Å². The van der Waals surface area contributed by atoms with Crippen molar-refractivity contribution in [2.24, 2.45) is 5.92 Å². The first-order chi connectivity index (χ1) is 12.3. The molecule has 2 aliphatic rings. The molecular formula is C17H17FN6S. The first-order valence-corrected chi connectivity index (χ1v) is 9.26. The van der Waals surface area contributed by atoms with Crippen molar-refractivity contribution in [2.75, 3.05) is 23.3 Å². The number of fused-ring (bicyclic) bond motifs is 3. The van der Waals surface area contributed by atoms with Crippen molar-refractivity contribution in [3.8, 4) is 11.3 Å². The van der Waals surface area contributed by atoms with Gasteiger partial charge in [0.1, 0.15) is 11.6 Å². The minimum atomic E-state index is -0.504. The van der Waals surface area contributed by atoms with Crippen LogP contribution in [0.15, 0.2) is 24.4 Å². The number of rotatable bonds is 4. The van der Waals surface area contributed by atoms with E-state index in [0.717, 1.165) is 47.6 Å². The van der Waals surface area contributed by atoms with E-state index >= 15 is 0 Å². The van der Waals surface area contributed by atoms with Gasteiger partial charge >= 0.3 is 0 Å². The highest BCUT2D eigenvalue weighted by atomic mass is 32.1. The summed E-state index contributed by atoms with van der Waals surface area (Å²) in [6.45, 7) is 2.04. The molecule has 0 bridgehead atoms. The molecule has 1 aliphatic heterocycles. The summed E-state index contributed by atoms with van der Waals surface area (Å²) in [6.07, 6.45) is 5.45. The first-order valence-electron chi connectivity index (χ1n) is 8.44. The Morgan fingerprint density at radius 3 is 3.08 bits per heavy atom. The molecule has 1 fully saturated rings. The summed E-state index contributed by atoms with van der Waals surface area (Å²) >= 11 is 1.60. The lowest BCUT2D eigenvalue weighted by atomic mass is 10.2. The van der Waals surface area contributed by atoms with Crippen LogP contribution < -0.4 is 10.2 Å². The number of hydrogen-bond acceptors (Lipinski definition) is 6. The van der Waals surface area contributed by atoms with Crippen molar-refractivity contribution in [3.05, 3.63) is 35.2 Å². The van der Waals surface area contributed by atoms with E-state index in [4.69, 9.17) is 4.98 Å². The standard InChI is InChI=1S/C17H17FN6S/c18-13-2-1-3-14(20-13)21-17-22-15-11-8-19-23-16(11)24(9-10-4-5-10)7-6-12(15)25-17/h1-3,8,10H,4-7,9H2,(H,19,23)(H,20,21,22). The molecule has 128 valence electrons. The Morgan fingerprint density at radius 1 is 1.32 bits per heavy atom. The van der Waals surface area contributed by atoms with Crippen LogP contribution in [-0.4, -0.2) is 33.3 Å². The fourth-order valence-electron chi connectivity index (χ4n) is 3.21. The van der Waals surface area contributed by atoms with Gasteiger partial charge in [-0.25, -0.2) is 9.97 Å². The van der Waals surface area contributed by atoms with E-state index in [2.05, 4.69) is 25.4 Å². The molecule has 8 heteroatoms. The third-order valence-electron chi connectivity index (χ3n) is 4.62. The van der Waals surface area contributed by atoms with Gasteiger partial charge < -0.3 is 10.2 Å². The van der Waals surface area contributed by atoms with Crippen LogP contribution >= 0.6 is 11.3 Å². The third-order valence-corrected chi connectivity index (χ3v) is 5.65. The molecule has 0 unspecified atom stereocenters. The van der Waals surface area contributed by atoms with Crippen LogP contribution in [0.2, 0.25) is 0 Å². The highest BCUT2D eigenvalue weighted by molar-refractivity contribution is 7.16. The molecule has 5 rings (SSSR count). The average Bonchev–Trinajstić information content (AvgIpc) is 3.16. The Morgan fingerprint density at radius 2 is 2.24 bits per heavy atom. The SMILES string of the molecule is Fc1cccc(Nc2nc3c(s2)CCN(CC2CC2)c2[nH]ncc2-3)n1. The van der Waals surface area contributed by atoms with E-state index in [9.17, 15) is 4.39 Å². The lowest BCUT2D eigenvalue weighted by Gasteiger charge is -2.21. The molecule has 1 aliphatic carbocycles. The Hall–Kier alpha value is -2.48. The number of anilines is 3. The molecule has 4 heterocycles. The fourth-order valence-corrected chi connectivity index (χ4v) is 4.18. The molecule has 3 aromatic heterocycles. The third kappa shape index (κ3) is 2.86. The monoisotopic (exact) mass is 356 g/mol. The molecule has 0 atom stereocenters. The van der Waals surface area contributed by atoms with Crippen LogP contribution in [-0.2, 0) is 6.42 Å². The molecule has 0 radical (unpaired) electrons. The van der Waals surface area contributed by atoms with E-state index in [1.54, 1.807) is 23.5 Å². The van der Waals surface area contributed by atoms with Crippen LogP contribution in [0.3, 0.4) is 0 Å². The quantitative estimate of drug-likeness (QED) is 0.699. The van der Waals surface area contributed by atoms with E-state index in [1.165, 1.54) is 23.8 Å². The molecule has 0 saturated heterocycles. The number of nitrogens with zero attached hydrogens (tertiary/aromatic N) is 4. The lowest BCUT2D eigenvalue weighted by molar-refractivity contribution is 0.585. The Labute approximate surface area is 148 Å². The maximum absolute atomic E-state index is 13.3. The summed E-state index contributed by atoms with van der Waals surface area (Å²) in [6, 6.07) is 4.69. The van der Waals surface area contributed by atoms with E-state index in [0.29, 0.717) is 5.82 Å². The number of H-pyrrole nitrogens is 1. The summed E-state index contributed by atoms with van der Waals surface area (Å²) in [5.41, 5.74) is 2.01. The van der Waals surface area contributed by atoms with Gasteiger partial charge in [-0.05, 0) is 30.9 Å². The average molecular weight is 356 g/mol. The zero-order valence-corrected chi connectivity index (χ0v) is 14.3. The van der Waals surface area contributed by atoms with Gasteiger partial charge in [0.2, 0.25) is 5.95 Å². The van der Waals surface area contributed by atoms with Crippen LogP contribution in [0.1, 0.15) is 17.7 Å². The van der Waals surface area contributed by atoms with Crippen molar-refractivity contribution in [2.45, 2.75) is 19.3 Å². The summed E-state index contributed by atoms with van der Waals surface area (Å²) < 4.78 is 13.3. The number of thiazole rings is 1. The second-order valence-electron chi connectivity index (χ2n) is 6.53. The highest BCUT2D eigenvalue weighted by Crippen LogP contribution is 2.40. The second-order valence-corrected chi connectivity index (χ2v) is 7.62. The van der Waals surface area contributed by atoms with Crippen molar-refractivity contribution in [1.82, 2.24) is 20.2 Å². The van der Waals surface area contributed by atoms with Gasteiger partial charge in [-0.3, -0.25) is 5.10 Å². The van der Waals surface area contributed by atoms with Crippen molar-refractivity contribution in [1.29, 1.82) is 0 Å². The van der Waals surface area contributed by atoms with Crippen molar-refractivity contribution < 1.29 is 4.39 Å². The minimum absolute atomic E-state index is 0.465. The van der Waals surface area contributed by atoms with Gasteiger partial charge in [-0.15, -0.1) is 11.3 Å². The van der Waals surface area contributed by atoms with Gasteiger partial charge in [0.25, 0.3) is 0 Å². The number of aromatic amines is 1. The zero-order chi connectivity index (χ0) is 16.8. The summed E-state index contributed by atoms with van der Waals surface area (Å²) in [7, 11) is 0. The van der Waals surface area contributed by atoms with Crippen molar-refractivity contribution in [3.63, 3.8) is 0 Å². The van der Waals surface area contributed by atoms with Gasteiger partial charge in [0.05, 0.1) is 17.5 Å². The van der Waals surface area contributed by atoms with Crippen LogP contribution in [0, 0.1) is 11.9 Å². The second kappa shape index (κ2) is 5.80. The summed E-state index contributed by atoms with van der Waals surface area (Å²) in [4.78, 5) is 12.2. The molecule has 6 nitrogen and oxygen atoms in total. The molecule has 2 N–H and O–H groups in total. The topological polar surface area (TPSA) is 69.7 Å². The highest BCUT2D eigenvalue weighted by Gasteiger charge is 2.30. The number of nitrogens with one attached hydrogen (secondary N) is 2. The smallest absolute Gasteiger partial charge is 0.214 e. The van der Waals surface area contributed by atoms with Gasteiger partial charge in [0, 0.05) is 24.4 Å². The molecule has 3 aromatic rings. The predicted octanol–water partition coefficient (Wildman–Crippen LogP) is 3.58. The maximum Gasteiger partial charge on any atom is 0.214 e. The molecule has 0 amide bonds. The molecule has 0 aromatic carbocycles. The summed E-state index contributed by atoms with van der Waals surface area (Å²) in [5, 5.41) is 11.2. The molecule has 1 saturated carbocycles. The number of aromatic nitrogens is 4. The normalized spacial score (nSPS) is 16.3. The van der Waals surface area contributed by atoms with Crippen LogP contribution in [0.25, 0.3) is 11.3 Å². The largest absolute Gasteiger partial charge is 0.356 e. The van der Waals surface area contributed by atoms with Crippen LogP contribution in [0.5, 0.6) is 0 Å². The zero-order valence-electron chi connectivity index (χ0n) is 13.5. The molecule has 0 spiro atoms. The number of halogens is 1. The van der Waals surface area contributed by atoms with E-state index < -0.39 is 5.95 Å². The minimum Gasteiger partial charge on any atom is -0.356 e. The Bertz CT molecular complexity index is 916. The Kier molecular flexibility index (Phi) is 3.44. The van der Waals surface area contributed by atoms with Crippen molar-refractivity contribution >= 4 is 28.1 Å². The van der Waals surface area contributed by atoms with E-state index in [1.807, 2.05) is 6.20 Å². The predicted molar refractivity (Wildman–Crippen MR) is 95.8 cm³/mol. The number of hydrogen-bond donors (Lipinski definition) is 2. The van der Waals surface area contributed by atoms with Crippen LogP contribution in [0.4, 0.5) is 21.2 Å². The Balaban J connectivity index is 1.46. The summed E-state index contributed by atoms with van der Waals surface area (Å²) in [5.74, 6) is 1.84. The van der Waals surface area contributed by atoms with Gasteiger partial charge in [0.15, 0.2) is 5.13 Å². The lowest BCUT2D eigenvalue weighted by Crippen LogP contribution is -2.27. The first kappa shape index (κ1) is 14.8.